The first kappa shape index (κ1) is 8.67. The van der Waals surface area contributed by atoms with Gasteiger partial charge in [0.25, 0.3) is 0 Å². The molecule has 0 saturated carbocycles. The first-order valence-electron chi connectivity index (χ1n) is 3.19. The third kappa shape index (κ3) is 2.98. The molecule has 1 aromatic heterocycles. The normalized spacial score (nSPS) is 9.91. The highest BCUT2D eigenvalue weighted by atomic mass is 32.2. The Hall–Kier alpha value is -0.420. The van der Waals surface area contributed by atoms with Gasteiger partial charge in [-0.1, -0.05) is 11.8 Å². The molecule has 1 rings (SSSR count). The van der Waals surface area contributed by atoms with E-state index in [1.165, 1.54) is 11.5 Å². The number of carbonyl (C=O) groups excluding carboxylic acids is 1. The molecule has 60 valence electrons. The molecule has 1 aromatic rings. The average molecular weight is 188 g/mol. The summed E-state index contributed by atoms with van der Waals surface area (Å²) in [4.78, 5) is 14.1. The largest absolute Gasteiger partial charge is 0.303 e. The van der Waals surface area contributed by atoms with Crippen LogP contribution in [0, 0.1) is 6.92 Å². The Morgan fingerprint density at radius 1 is 1.73 bits per heavy atom. The van der Waals surface area contributed by atoms with Gasteiger partial charge in [0.05, 0.1) is 0 Å². The number of nitrogens with zero attached hydrogens (tertiary/aromatic N) is 2. The first-order valence-corrected chi connectivity index (χ1v) is 4.95. The van der Waals surface area contributed by atoms with Crippen molar-refractivity contribution in [3.8, 4) is 0 Å². The van der Waals surface area contributed by atoms with E-state index in [2.05, 4.69) is 9.36 Å². The Kier molecular flexibility index (Phi) is 3.51. The van der Waals surface area contributed by atoms with Gasteiger partial charge in [-0.3, -0.25) is 0 Å². The maximum atomic E-state index is 9.95. The monoisotopic (exact) mass is 188 g/mol. The highest BCUT2D eigenvalue weighted by Gasteiger charge is 1.98. The first-order chi connectivity index (χ1) is 5.33. The van der Waals surface area contributed by atoms with E-state index in [0.717, 1.165) is 22.2 Å². The summed E-state index contributed by atoms with van der Waals surface area (Å²) >= 11 is 2.97. The summed E-state index contributed by atoms with van der Waals surface area (Å²) in [5.74, 6) is 1.61. The summed E-state index contributed by atoms with van der Waals surface area (Å²) in [5, 5.41) is 0. The molecule has 0 spiro atoms. The Labute approximate surface area is 73.4 Å². The summed E-state index contributed by atoms with van der Waals surface area (Å²) in [6.07, 6.45) is 1.50. The zero-order valence-corrected chi connectivity index (χ0v) is 7.74. The fourth-order valence-corrected chi connectivity index (χ4v) is 2.11. The summed E-state index contributed by atoms with van der Waals surface area (Å²) < 4.78 is 4.97. The second kappa shape index (κ2) is 4.46. The zero-order chi connectivity index (χ0) is 8.10. The number of aromatic nitrogens is 2. The van der Waals surface area contributed by atoms with Gasteiger partial charge in [-0.2, -0.15) is 4.37 Å². The molecule has 5 heteroatoms. The molecule has 0 unspecified atom stereocenters. The molecule has 0 atom stereocenters. The number of aldehydes is 1. The van der Waals surface area contributed by atoms with Crippen molar-refractivity contribution < 1.29 is 4.79 Å². The van der Waals surface area contributed by atoms with Crippen LogP contribution >= 0.6 is 23.3 Å². The molecule has 0 aromatic carbocycles. The Morgan fingerprint density at radius 3 is 3.09 bits per heavy atom. The number of aryl methyl sites for hydroxylation is 1. The maximum absolute atomic E-state index is 9.95. The molecule has 0 fully saturated rings. The van der Waals surface area contributed by atoms with E-state index in [1.54, 1.807) is 11.8 Å². The van der Waals surface area contributed by atoms with Crippen molar-refractivity contribution in [1.29, 1.82) is 0 Å². The number of thioether (sulfide) groups is 1. The molecule has 0 aliphatic rings. The van der Waals surface area contributed by atoms with Crippen molar-refractivity contribution >= 4 is 29.6 Å². The quantitative estimate of drug-likeness (QED) is 0.408. The summed E-state index contributed by atoms with van der Waals surface area (Å²) in [6, 6.07) is 0. The molecule has 0 aliphatic heterocycles. The Balaban J connectivity index is 2.32. The number of carbonyl (C=O) groups is 1. The molecular weight excluding hydrogens is 180 g/mol. The SMILES string of the molecule is Cc1nsc(SCCC=O)n1. The van der Waals surface area contributed by atoms with Crippen molar-refractivity contribution in [3.63, 3.8) is 0 Å². The van der Waals surface area contributed by atoms with E-state index in [-0.39, 0.29) is 0 Å². The van der Waals surface area contributed by atoms with Crippen LogP contribution in [0.1, 0.15) is 12.2 Å². The molecule has 0 saturated heterocycles. The Bertz CT molecular complexity index is 236. The molecule has 11 heavy (non-hydrogen) atoms. The lowest BCUT2D eigenvalue weighted by Crippen LogP contribution is -1.79. The molecule has 0 radical (unpaired) electrons. The highest BCUT2D eigenvalue weighted by Crippen LogP contribution is 2.19. The van der Waals surface area contributed by atoms with Crippen LogP contribution < -0.4 is 0 Å². The average Bonchev–Trinajstić information content (AvgIpc) is 2.37. The minimum atomic E-state index is 0.587. The molecule has 3 nitrogen and oxygen atoms in total. The van der Waals surface area contributed by atoms with Gasteiger partial charge in [-0.25, -0.2) is 4.98 Å². The predicted molar refractivity (Wildman–Crippen MR) is 46.1 cm³/mol. The third-order valence-corrected chi connectivity index (χ3v) is 2.93. The van der Waals surface area contributed by atoms with Gasteiger partial charge in [0, 0.05) is 12.2 Å². The fraction of sp³-hybridized carbons (Fsp3) is 0.500. The van der Waals surface area contributed by atoms with Gasteiger partial charge in [-0.15, -0.1) is 0 Å². The van der Waals surface area contributed by atoms with Gasteiger partial charge in [0.1, 0.15) is 12.1 Å². The fourth-order valence-electron chi connectivity index (χ4n) is 0.531. The van der Waals surface area contributed by atoms with Crippen LogP contribution in [0.15, 0.2) is 4.34 Å². The molecule has 0 bridgehead atoms. The van der Waals surface area contributed by atoms with Crippen molar-refractivity contribution in [2.24, 2.45) is 0 Å². The van der Waals surface area contributed by atoms with Crippen LogP contribution in [0.25, 0.3) is 0 Å². The minimum absolute atomic E-state index is 0.587. The van der Waals surface area contributed by atoms with Gasteiger partial charge in [-0.05, 0) is 18.5 Å². The topological polar surface area (TPSA) is 42.9 Å². The van der Waals surface area contributed by atoms with Gasteiger partial charge < -0.3 is 4.79 Å². The van der Waals surface area contributed by atoms with Crippen molar-refractivity contribution in [3.05, 3.63) is 5.82 Å². The molecular formula is C6H8N2OS2. The standard InChI is InChI=1S/C6H8N2OS2/c1-5-7-6(11-8-5)10-4-2-3-9/h3H,2,4H2,1H3. The van der Waals surface area contributed by atoms with Crippen LogP contribution in [-0.2, 0) is 4.79 Å². The number of rotatable bonds is 4. The summed E-state index contributed by atoms with van der Waals surface area (Å²) in [7, 11) is 0. The van der Waals surface area contributed by atoms with Gasteiger partial charge >= 0.3 is 0 Å². The second-order valence-electron chi connectivity index (χ2n) is 1.91. The summed E-state index contributed by atoms with van der Waals surface area (Å²) in [6.45, 7) is 1.86. The van der Waals surface area contributed by atoms with Crippen molar-refractivity contribution in [2.45, 2.75) is 17.7 Å². The number of hydrogen-bond donors (Lipinski definition) is 0. The lowest BCUT2D eigenvalue weighted by Gasteiger charge is -1.87. The van der Waals surface area contributed by atoms with Crippen LogP contribution in [0.5, 0.6) is 0 Å². The van der Waals surface area contributed by atoms with E-state index in [0.29, 0.717) is 6.42 Å². The molecule has 0 N–H and O–H groups in total. The molecule has 0 amide bonds. The van der Waals surface area contributed by atoms with E-state index < -0.39 is 0 Å². The van der Waals surface area contributed by atoms with E-state index in [1.807, 2.05) is 6.92 Å². The van der Waals surface area contributed by atoms with E-state index in [9.17, 15) is 4.79 Å². The van der Waals surface area contributed by atoms with Crippen molar-refractivity contribution in [2.75, 3.05) is 5.75 Å². The van der Waals surface area contributed by atoms with E-state index >= 15 is 0 Å². The van der Waals surface area contributed by atoms with Crippen LogP contribution in [0.2, 0.25) is 0 Å². The predicted octanol–water partition coefficient (Wildman–Crippen LogP) is 1.53. The summed E-state index contributed by atoms with van der Waals surface area (Å²) in [5.41, 5.74) is 0. The number of hydrogen-bond acceptors (Lipinski definition) is 5. The van der Waals surface area contributed by atoms with Crippen LogP contribution in [-0.4, -0.2) is 21.4 Å². The van der Waals surface area contributed by atoms with Crippen molar-refractivity contribution in [1.82, 2.24) is 9.36 Å². The molecule has 1 heterocycles. The lowest BCUT2D eigenvalue weighted by atomic mass is 10.6. The zero-order valence-electron chi connectivity index (χ0n) is 6.11. The lowest BCUT2D eigenvalue weighted by molar-refractivity contribution is -0.107. The minimum Gasteiger partial charge on any atom is -0.303 e. The Morgan fingerprint density at radius 2 is 2.55 bits per heavy atom. The van der Waals surface area contributed by atoms with Gasteiger partial charge in [0.2, 0.25) is 0 Å². The van der Waals surface area contributed by atoms with Crippen LogP contribution in [0.4, 0.5) is 0 Å². The van der Waals surface area contributed by atoms with Crippen LogP contribution in [0.3, 0.4) is 0 Å². The van der Waals surface area contributed by atoms with E-state index in [4.69, 9.17) is 0 Å². The maximum Gasteiger partial charge on any atom is 0.170 e. The highest BCUT2D eigenvalue weighted by molar-refractivity contribution is 8.00. The third-order valence-electron chi connectivity index (χ3n) is 0.970. The smallest absolute Gasteiger partial charge is 0.170 e. The molecule has 0 aliphatic carbocycles. The second-order valence-corrected chi connectivity index (χ2v) is 4.01. The van der Waals surface area contributed by atoms with Gasteiger partial charge in [0.15, 0.2) is 4.34 Å².